The molecule has 82 valence electrons. The van der Waals surface area contributed by atoms with Crippen LogP contribution in [0.2, 0.25) is 0 Å². The fourth-order valence-electron chi connectivity index (χ4n) is 3.05. The SMILES string of the molecule is C1CCCC(PC2CCCCC2)CC1. The molecule has 2 aliphatic rings. The molecule has 0 aliphatic heterocycles. The third kappa shape index (κ3) is 3.54. The Morgan fingerprint density at radius 1 is 0.500 bits per heavy atom. The smallest absolute Gasteiger partial charge is 0.0234 e. The molecule has 0 bridgehead atoms. The molecule has 0 aromatic rings. The van der Waals surface area contributed by atoms with Crippen LogP contribution in [0.4, 0.5) is 0 Å². The maximum Gasteiger partial charge on any atom is -0.0234 e. The Morgan fingerprint density at radius 3 is 1.29 bits per heavy atom. The minimum Gasteiger partial charge on any atom is -0.116 e. The molecule has 0 N–H and O–H groups in total. The molecule has 0 radical (unpaired) electrons. The predicted molar refractivity (Wildman–Crippen MR) is 66.7 cm³/mol. The van der Waals surface area contributed by atoms with Crippen LogP contribution in [0, 0.1) is 0 Å². The van der Waals surface area contributed by atoms with E-state index < -0.39 is 0 Å². The Kier molecular flexibility index (Phi) is 4.77. The summed E-state index contributed by atoms with van der Waals surface area (Å²) in [7, 11) is 1.33. The summed E-state index contributed by atoms with van der Waals surface area (Å²) < 4.78 is 0. The minimum atomic E-state index is 1.14. The summed E-state index contributed by atoms with van der Waals surface area (Å²) in [6, 6.07) is 0. The lowest BCUT2D eigenvalue weighted by Gasteiger charge is -2.26. The van der Waals surface area contributed by atoms with E-state index in [1.807, 2.05) is 0 Å². The van der Waals surface area contributed by atoms with Gasteiger partial charge in [-0.2, -0.15) is 0 Å². The molecular weight excluding hydrogens is 187 g/mol. The third-order valence-electron chi connectivity index (χ3n) is 3.93. The fourth-order valence-corrected chi connectivity index (χ4v) is 5.20. The zero-order valence-corrected chi connectivity index (χ0v) is 10.4. The highest BCUT2D eigenvalue weighted by Crippen LogP contribution is 2.40. The first-order chi connectivity index (χ1) is 6.95. The highest BCUT2D eigenvalue weighted by atomic mass is 31.1. The molecule has 1 atom stereocenters. The van der Waals surface area contributed by atoms with Gasteiger partial charge in [0.25, 0.3) is 0 Å². The average Bonchev–Trinajstić information content (AvgIpc) is 2.48. The summed E-state index contributed by atoms with van der Waals surface area (Å²) in [5, 5.41) is 0. The zero-order valence-electron chi connectivity index (χ0n) is 9.43. The fraction of sp³-hybridized carbons (Fsp3) is 1.00. The lowest BCUT2D eigenvalue weighted by Crippen LogP contribution is -2.11. The topological polar surface area (TPSA) is 0 Å². The van der Waals surface area contributed by atoms with Crippen molar-refractivity contribution in [2.75, 3.05) is 0 Å². The van der Waals surface area contributed by atoms with Crippen molar-refractivity contribution in [2.45, 2.75) is 81.9 Å². The van der Waals surface area contributed by atoms with Crippen LogP contribution in [0.1, 0.15) is 70.6 Å². The van der Waals surface area contributed by atoms with Crippen LogP contribution < -0.4 is 0 Å². The number of hydrogen-bond acceptors (Lipinski definition) is 0. The molecule has 0 saturated heterocycles. The highest BCUT2D eigenvalue weighted by molar-refractivity contribution is 7.39. The van der Waals surface area contributed by atoms with Gasteiger partial charge in [-0.1, -0.05) is 44.9 Å². The normalized spacial score (nSPS) is 28.3. The average molecular weight is 212 g/mol. The van der Waals surface area contributed by atoms with Crippen LogP contribution >= 0.6 is 8.58 Å². The second-order valence-corrected chi connectivity index (χ2v) is 7.16. The van der Waals surface area contributed by atoms with Gasteiger partial charge in [0.1, 0.15) is 0 Å². The molecule has 1 heteroatoms. The van der Waals surface area contributed by atoms with Crippen LogP contribution in [-0.2, 0) is 0 Å². The predicted octanol–water partition coefficient (Wildman–Crippen LogP) is 4.72. The second kappa shape index (κ2) is 6.11. The standard InChI is InChI=1S/C13H25P/c1-2-5-9-12(8-4-1)14-13-10-6-3-7-11-13/h12-14H,1-11H2. The van der Waals surface area contributed by atoms with Crippen molar-refractivity contribution in [2.24, 2.45) is 0 Å². The van der Waals surface area contributed by atoms with Gasteiger partial charge < -0.3 is 0 Å². The van der Waals surface area contributed by atoms with Gasteiger partial charge >= 0.3 is 0 Å². The molecular formula is C13H25P. The second-order valence-electron chi connectivity index (χ2n) is 5.19. The Hall–Kier alpha value is 0.430. The number of hydrogen-bond donors (Lipinski definition) is 0. The molecule has 2 saturated carbocycles. The molecule has 1 unspecified atom stereocenters. The van der Waals surface area contributed by atoms with Crippen molar-refractivity contribution >= 4 is 8.58 Å². The molecule has 0 amide bonds. The van der Waals surface area contributed by atoms with Crippen LogP contribution in [0.5, 0.6) is 0 Å². The van der Waals surface area contributed by atoms with E-state index in [0.29, 0.717) is 0 Å². The Morgan fingerprint density at radius 2 is 0.857 bits per heavy atom. The number of rotatable bonds is 2. The lowest BCUT2D eigenvalue weighted by atomic mass is 10.0. The largest absolute Gasteiger partial charge is 0.116 e. The molecule has 2 aliphatic carbocycles. The highest BCUT2D eigenvalue weighted by Gasteiger charge is 2.19. The summed E-state index contributed by atoms with van der Waals surface area (Å²) in [5.41, 5.74) is 2.28. The van der Waals surface area contributed by atoms with Gasteiger partial charge in [0.15, 0.2) is 0 Å². The summed E-state index contributed by atoms with van der Waals surface area (Å²) in [6.45, 7) is 0. The van der Waals surface area contributed by atoms with Crippen LogP contribution in [-0.4, -0.2) is 11.3 Å². The van der Waals surface area contributed by atoms with E-state index in [2.05, 4.69) is 0 Å². The van der Waals surface area contributed by atoms with E-state index in [-0.39, 0.29) is 0 Å². The van der Waals surface area contributed by atoms with Crippen LogP contribution in [0.25, 0.3) is 0 Å². The molecule has 14 heavy (non-hydrogen) atoms. The third-order valence-corrected chi connectivity index (χ3v) is 6.03. The molecule has 0 heterocycles. The van der Waals surface area contributed by atoms with E-state index in [0.717, 1.165) is 11.3 Å². The summed E-state index contributed by atoms with van der Waals surface area (Å²) in [4.78, 5) is 0. The van der Waals surface area contributed by atoms with Gasteiger partial charge in [0.2, 0.25) is 0 Å². The summed E-state index contributed by atoms with van der Waals surface area (Å²) in [6.07, 6.45) is 16.9. The first kappa shape index (κ1) is 10.9. The van der Waals surface area contributed by atoms with Crippen molar-refractivity contribution in [3.8, 4) is 0 Å². The molecule has 2 fully saturated rings. The van der Waals surface area contributed by atoms with E-state index in [1.165, 1.54) is 53.5 Å². The summed E-state index contributed by atoms with van der Waals surface area (Å²) >= 11 is 0. The zero-order chi connectivity index (χ0) is 9.64. The van der Waals surface area contributed by atoms with Gasteiger partial charge in [0, 0.05) is 0 Å². The van der Waals surface area contributed by atoms with Crippen molar-refractivity contribution in [1.29, 1.82) is 0 Å². The van der Waals surface area contributed by atoms with Crippen molar-refractivity contribution in [1.82, 2.24) is 0 Å². The lowest BCUT2D eigenvalue weighted by molar-refractivity contribution is 0.510. The van der Waals surface area contributed by atoms with Gasteiger partial charge in [0.05, 0.1) is 0 Å². The molecule has 2 rings (SSSR count). The quantitative estimate of drug-likeness (QED) is 0.459. The first-order valence-electron chi connectivity index (χ1n) is 6.71. The molecule has 0 nitrogen and oxygen atoms in total. The van der Waals surface area contributed by atoms with Gasteiger partial charge in [-0.3, -0.25) is 0 Å². The first-order valence-corrected chi connectivity index (χ1v) is 7.87. The van der Waals surface area contributed by atoms with Crippen molar-refractivity contribution in [3.05, 3.63) is 0 Å². The maximum absolute atomic E-state index is 1.56. The van der Waals surface area contributed by atoms with Crippen LogP contribution in [0.15, 0.2) is 0 Å². The Labute approximate surface area is 91.0 Å². The van der Waals surface area contributed by atoms with E-state index >= 15 is 0 Å². The van der Waals surface area contributed by atoms with Crippen molar-refractivity contribution in [3.63, 3.8) is 0 Å². The minimum absolute atomic E-state index is 1.14. The van der Waals surface area contributed by atoms with Gasteiger partial charge in [-0.25, -0.2) is 0 Å². The van der Waals surface area contributed by atoms with E-state index in [1.54, 1.807) is 25.7 Å². The summed E-state index contributed by atoms with van der Waals surface area (Å²) in [5.74, 6) is 0. The van der Waals surface area contributed by atoms with Gasteiger partial charge in [-0.15, -0.1) is 8.58 Å². The monoisotopic (exact) mass is 212 g/mol. The van der Waals surface area contributed by atoms with Crippen molar-refractivity contribution < 1.29 is 0 Å². The molecule has 0 spiro atoms. The Balaban J connectivity index is 1.71. The van der Waals surface area contributed by atoms with E-state index in [9.17, 15) is 0 Å². The maximum atomic E-state index is 1.56. The molecule has 0 aromatic carbocycles. The van der Waals surface area contributed by atoms with Gasteiger partial charge in [-0.05, 0) is 37.0 Å². The van der Waals surface area contributed by atoms with E-state index in [4.69, 9.17) is 0 Å². The molecule has 0 aromatic heterocycles. The Bertz CT molecular complexity index is 141. The van der Waals surface area contributed by atoms with Crippen LogP contribution in [0.3, 0.4) is 0 Å².